The molecule has 0 bridgehead atoms. The number of hydrogen-bond acceptors (Lipinski definition) is 2. The Bertz CT molecular complexity index is 791. The number of carbonyl (C=O) groups excluding carboxylic acids is 1. The summed E-state index contributed by atoms with van der Waals surface area (Å²) in [6, 6.07) is 8.24. The van der Waals surface area contributed by atoms with E-state index in [1.54, 1.807) is 24.3 Å². The Morgan fingerprint density at radius 1 is 1.24 bits per heavy atom. The summed E-state index contributed by atoms with van der Waals surface area (Å²) in [5.74, 6) is -0.482. The minimum absolute atomic E-state index is 0.0484. The Balaban J connectivity index is 2.08. The van der Waals surface area contributed by atoms with Crippen LogP contribution in [0.15, 0.2) is 30.3 Å². The number of carbonyl (C=O) groups is 1. The van der Waals surface area contributed by atoms with Crippen LogP contribution >= 0.6 is 0 Å². The summed E-state index contributed by atoms with van der Waals surface area (Å²) in [6.45, 7) is 2.13. The largest absolute Gasteiger partial charge is 0.406 e. The highest BCUT2D eigenvalue weighted by molar-refractivity contribution is 5.96. The minimum atomic E-state index is -4.35. The van der Waals surface area contributed by atoms with Gasteiger partial charge in [0.05, 0.1) is 5.56 Å². The molecular formula is C17H19F3N4O. The van der Waals surface area contributed by atoms with E-state index in [0.29, 0.717) is 11.3 Å². The average Bonchev–Trinajstić information content (AvgIpc) is 2.79. The average molecular weight is 352 g/mol. The number of nitrogens with two attached hydrogens (primary N) is 1. The second-order valence-corrected chi connectivity index (χ2v) is 5.78. The predicted octanol–water partition coefficient (Wildman–Crippen LogP) is 2.88. The van der Waals surface area contributed by atoms with Crippen molar-refractivity contribution >= 4 is 11.7 Å². The minimum Gasteiger partial charge on any atom is -0.384 e. The maximum atomic E-state index is 12.6. The van der Waals surface area contributed by atoms with Gasteiger partial charge < -0.3 is 15.6 Å². The third-order valence-corrected chi connectivity index (χ3v) is 3.87. The number of aromatic nitrogens is 1. The van der Waals surface area contributed by atoms with Crippen molar-refractivity contribution in [3.63, 3.8) is 0 Å². The molecule has 5 nitrogen and oxygen atoms in total. The van der Waals surface area contributed by atoms with Crippen molar-refractivity contribution in [2.24, 2.45) is 5.73 Å². The zero-order valence-electron chi connectivity index (χ0n) is 13.9. The van der Waals surface area contributed by atoms with Crippen molar-refractivity contribution < 1.29 is 18.0 Å². The van der Waals surface area contributed by atoms with E-state index >= 15 is 0 Å². The number of amidine groups is 1. The van der Waals surface area contributed by atoms with E-state index in [9.17, 15) is 18.0 Å². The van der Waals surface area contributed by atoms with Gasteiger partial charge in [-0.15, -0.1) is 0 Å². The lowest BCUT2D eigenvalue weighted by Crippen LogP contribution is -2.24. The molecule has 1 amide bonds. The van der Waals surface area contributed by atoms with Gasteiger partial charge in [-0.1, -0.05) is 24.3 Å². The fourth-order valence-electron chi connectivity index (χ4n) is 2.53. The number of nitrogens with one attached hydrogen (secondary N) is 2. The van der Waals surface area contributed by atoms with Gasteiger partial charge in [0.2, 0.25) is 0 Å². The van der Waals surface area contributed by atoms with E-state index in [1.807, 2.05) is 0 Å². The van der Waals surface area contributed by atoms with E-state index < -0.39 is 18.6 Å². The van der Waals surface area contributed by atoms with Gasteiger partial charge in [0.25, 0.3) is 5.91 Å². The van der Waals surface area contributed by atoms with Crippen molar-refractivity contribution in [1.82, 2.24) is 9.88 Å². The molecule has 0 fully saturated rings. The van der Waals surface area contributed by atoms with Gasteiger partial charge in [0.15, 0.2) is 0 Å². The van der Waals surface area contributed by atoms with Gasteiger partial charge in [-0.2, -0.15) is 13.2 Å². The lowest BCUT2D eigenvalue weighted by atomic mass is 10.1. The Labute approximate surface area is 143 Å². The summed E-state index contributed by atoms with van der Waals surface area (Å²) >= 11 is 0. The lowest BCUT2D eigenvalue weighted by molar-refractivity contribution is -0.141. The van der Waals surface area contributed by atoms with Crippen molar-refractivity contribution in [1.29, 1.82) is 5.41 Å². The predicted molar refractivity (Wildman–Crippen MR) is 88.6 cm³/mol. The molecule has 4 N–H and O–H groups in total. The quantitative estimate of drug-likeness (QED) is 0.571. The van der Waals surface area contributed by atoms with Gasteiger partial charge in [0.1, 0.15) is 12.4 Å². The number of rotatable bonds is 5. The molecular weight excluding hydrogens is 333 g/mol. The third-order valence-electron chi connectivity index (χ3n) is 3.87. The first-order valence-electron chi connectivity index (χ1n) is 7.53. The first-order chi connectivity index (χ1) is 11.6. The Morgan fingerprint density at radius 3 is 2.36 bits per heavy atom. The van der Waals surface area contributed by atoms with Gasteiger partial charge in [-0.25, -0.2) is 0 Å². The molecule has 0 aliphatic rings. The molecule has 1 aromatic carbocycles. The van der Waals surface area contributed by atoms with E-state index in [-0.39, 0.29) is 23.6 Å². The highest BCUT2D eigenvalue weighted by Crippen LogP contribution is 2.23. The zero-order valence-corrected chi connectivity index (χ0v) is 13.9. The van der Waals surface area contributed by atoms with Crippen molar-refractivity contribution in [2.75, 3.05) is 0 Å². The Kier molecular flexibility index (Phi) is 5.20. The Hall–Kier alpha value is -2.77. The smallest absolute Gasteiger partial charge is 0.384 e. The molecule has 0 atom stereocenters. The fraction of sp³-hybridized carbons (Fsp3) is 0.294. The van der Waals surface area contributed by atoms with Crippen LogP contribution in [0, 0.1) is 19.3 Å². The maximum absolute atomic E-state index is 12.6. The molecule has 0 aliphatic carbocycles. The number of alkyl halides is 3. The topological polar surface area (TPSA) is 83.9 Å². The summed E-state index contributed by atoms with van der Waals surface area (Å²) in [6.07, 6.45) is -4.35. The SMILES string of the molecule is Cc1cc(C(=O)NCc2ccc(C(=N)N)cc2)c(C)n1CC(F)(F)F. The molecule has 0 unspecified atom stereocenters. The molecule has 0 aliphatic heterocycles. The molecule has 8 heteroatoms. The number of nitrogens with zero attached hydrogens (tertiary/aromatic N) is 1. The second kappa shape index (κ2) is 7.00. The number of halogens is 3. The van der Waals surface area contributed by atoms with Crippen LogP contribution in [0.2, 0.25) is 0 Å². The van der Waals surface area contributed by atoms with Gasteiger partial charge >= 0.3 is 6.18 Å². The number of benzene rings is 1. The molecule has 134 valence electrons. The third kappa shape index (κ3) is 4.62. The summed E-state index contributed by atoms with van der Waals surface area (Å²) in [7, 11) is 0. The summed E-state index contributed by atoms with van der Waals surface area (Å²) < 4.78 is 39.0. The second-order valence-electron chi connectivity index (χ2n) is 5.78. The maximum Gasteiger partial charge on any atom is 0.406 e. The van der Waals surface area contributed by atoms with Crippen LogP contribution in [-0.4, -0.2) is 22.5 Å². The Morgan fingerprint density at radius 2 is 1.84 bits per heavy atom. The molecule has 0 spiro atoms. The first-order valence-corrected chi connectivity index (χ1v) is 7.53. The molecule has 0 saturated heterocycles. The summed E-state index contributed by atoms with van der Waals surface area (Å²) in [4.78, 5) is 12.3. The fourth-order valence-corrected chi connectivity index (χ4v) is 2.53. The molecule has 25 heavy (non-hydrogen) atoms. The zero-order chi connectivity index (χ0) is 18.8. The monoisotopic (exact) mass is 352 g/mol. The van der Waals surface area contributed by atoms with E-state index in [1.165, 1.54) is 19.9 Å². The highest BCUT2D eigenvalue weighted by Gasteiger charge is 2.30. The number of amides is 1. The molecule has 0 saturated carbocycles. The number of nitrogen functional groups attached to an aromatic ring is 1. The van der Waals surface area contributed by atoms with Gasteiger partial charge in [0, 0.05) is 23.5 Å². The van der Waals surface area contributed by atoms with Crippen LogP contribution < -0.4 is 11.1 Å². The van der Waals surface area contributed by atoms with Crippen molar-refractivity contribution in [3.8, 4) is 0 Å². The molecule has 0 radical (unpaired) electrons. The van der Waals surface area contributed by atoms with Crippen LogP contribution in [0.3, 0.4) is 0 Å². The molecule has 1 heterocycles. The van der Waals surface area contributed by atoms with E-state index in [4.69, 9.17) is 11.1 Å². The lowest BCUT2D eigenvalue weighted by Gasteiger charge is -2.12. The van der Waals surface area contributed by atoms with Crippen LogP contribution in [-0.2, 0) is 13.1 Å². The summed E-state index contributed by atoms with van der Waals surface area (Å²) in [5, 5.41) is 10.0. The van der Waals surface area contributed by atoms with Crippen molar-refractivity contribution in [2.45, 2.75) is 33.1 Å². The van der Waals surface area contributed by atoms with Crippen LogP contribution in [0.25, 0.3) is 0 Å². The van der Waals surface area contributed by atoms with Crippen LogP contribution in [0.4, 0.5) is 13.2 Å². The molecule has 2 aromatic rings. The van der Waals surface area contributed by atoms with E-state index in [0.717, 1.165) is 10.1 Å². The number of hydrogen-bond donors (Lipinski definition) is 3. The highest BCUT2D eigenvalue weighted by atomic mass is 19.4. The van der Waals surface area contributed by atoms with Crippen LogP contribution in [0.1, 0.15) is 32.9 Å². The normalized spacial score (nSPS) is 11.4. The molecule has 1 aromatic heterocycles. The first kappa shape index (κ1) is 18.6. The van der Waals surface area contributed by atoms with E-state index in [2.05, 4.69) is 5.32 Å². The molecule has 2 rings (SSSR count). The summed E-state index contributed by atoms with van der Waals surface area (Å²) in [5.41, 5.74) is 7.62. The van der Waals surface area contributed by atoms with Crippen LogP contribution in [0.5, 0.6) is 0 Å². The number of aryl methyl sites for hydroxylation is 1. The van der Waals surface area contributed by atoms with Gasteiger partial charge in [-0.05, 0) is 25.5 Å². The van der Waals surface area contributed by atoms with Crippen molar-refractivity contribution in [3.05, 3.63) is 58.4 Å². The standard InChI is InChI=1S/C17H19F3N4O/c1-10-7-14(11(2)24(10)9-17(18,19)20)16(25)23-8-12-3-5-13(6-4-12)15(21)22/h3-7H,8-9H2,1-2H3,(H3,21,22)(H,23,25). The van der Waals surface area contributed by atoms with Gasteiger partial charge in [-0.3, -0.25) is 10.2 Å².